The molecule has 2 unspecified atom stereocenters. The number of methoxy groups -OCH3 is 2. The smallest absolute Gasteiger partial charge is 0.459 e. The molecular weight excluding hydrogens is 1560 g/mol. The van der Waals surface area contributed by atoms with E-state index in [2.05, 4.69) is 62.2 Å². The molecule has 41 heteroatoms. The van der Waals surface area contributed by atoms with E-state index in [1.807, 2.05) is 5.32 Å². The lowest BCUT2D eigenvalue weighted by molar-refractivity contribution is -0.221. The van der Waals surface area contributed by atoms with Crippen LogP contribution in [0.25, 0.3) is 11.3 Å². The van der Waals surface area contributed by atoms with E-state index in [-0.39, 0.29) is 38.2 Å². The molecule has 9 rings (SSSR count). The average Bonchev–Trinajstić information content (AvgIpc) is 1.70. The third kappa shape index (κ3) is 21.7. The highest BCUT2D eigenvalue weighted by molar-refractivity contribution is 7.85. The van der Waals surface area contributed by atoms with Gasteiger partial charge in [-0.3, -0.25) is 43.8 Å². The lowest BCUT2D eigenvalue weighted by Gasteiger charge is -2.47. The number of piperazine rings is 1. The Hall–Kier alpha value is -10.0. The summed E-state index contributed by atoms with van der Waals surface area (Å²) < 4.78 is 225. The van der Waals surface area contributed by atoms with Crippen molar-refractivity contribution in [3.05, 3.63) is 148 Å². The summed E-state index contributed by atoms with van der Waals surface area (Å²) in [5.41, 5.74) is -8.03. The summed E-state index contributed by atoms with van der Waals surface area (Å²) in [6.07, 6.45) is -13.1. The maximum absolute atomic E-state index is 16.9. The quantitative estimate of drug-likeness (QED) is 0.00412. The van der Waals surface area contributed by atoms with Crippen molar-refractivity contribution in [3.63, 3.8) is 0 Å². The molecule has 4 aromatic carbocycles. The normalized spacial score (nSPS) is 16.9. The van der Waals surface area contributed by atoms with Gasteiger partial charge >= 0.3 is 44.9 Å². The van der Waals surface area contributed by atoms with Crippen LogP contribution in [-0.4, -0.2) is 190 Å². The van der Waals surface area contributed by atoms with Crippen LogP contribution in [0, 0.1) is 41.2 Å². The van der Waals surface area contributed by atoms with Gasteiger partial charge in [0.2, 0.25) is 17.8 Å². The standard InChI is InChI=1S/C72H81F10N12O17PS/c1-39-24-44(29-57(95)85-45-16-20-49(21-17-45)113(104,105)106)59(55(25-39)111-112(101,102)103)68(2,3)30-58(96)110-56(36-92(90-63(98)61(88-67(100)108-9)70(6,7)72(80,81)82)35-50-51(73)27-43(28-52(50)74)53-22-23-93(89-53)64(75)76)54(86-62(97)60(87-66(99)107-8)69(4,5)71(77,78)79)26-41-13-10-40(11-14-41)12-15-42-31-83-65(84-32-42)91-33-46-18-19-47(34-91)94(46)48-37-109-38-48/h10-11,13-14,16-17,20-25,27-28,31-32,46-48,54,56,60-61,64H,18-19,26,29-30,33-38H2,1-9H3,(H,85,95)(H,86,97)(H,87,99)(H,88,100)(H,90,98)(H2,101,102,103)(H,104,105,106)/t46?,47?,54-,56-,60+,61+/m0/s1. The molecule has 3 aliphatic rings. The number of benzene rings is 4. The molecule has 612 valence electrons. The van der Waals surface area contributed by atoms with Crippen LogP contribution in [0.1, 0.15) is 106 Å². The molecule has 0 spiro atoms. The number of hydrogen-bond donors (Lipinski definition) is 8. The number of amides is 5. The van der Waals surface area contributed by atoms with E-state index in [1.165, 1.54) is 63.5 Å². The van der Waals surface area contributed by atoms with Gasteiger partial charge in [0.05, 0.1) is 85.9 Å². The van der Waals surface area contributed by atoms with Crippen molar-refractivity contribution in [2.45, 2.75) is 159 Å². The monoisotopic (exact) mass is 1640 g/mol. The van der Waals surface area contributed by atoms with E-state index < -0.39 is 185 Å². The molecule has 6 aromatic rings. The molecule has 3 aliphatic heterocycles. The number of aryl methyl sites for hydroxylation is 1. The van der Waals surface area contributed by atoms with Crippen LogP contribution in [0.15, 0.2) is 102 Å². The van der Waals surface area contributed by atoms with Gasteiger partial charge in [0.1, 0.15) is 35.6 Å². The van der Waals surface area contributed by atoms with Gasteiger partial charge in [0.15, 0.2) is 0 Å². The highest BCUT2D eigenvalue weighted by Crippen LogP contribution is 2.47. The van der Waals surface area contributed by atoms with E-state index in [4.69, 9.17) is 14.0 Å². The number of alkyl halides is 8. The number of esters is 1. The van der Waals surface area contributed by atoms with E-state index in [0.717, 1.165) is 69.7 Å². The predicted octanol–water partition coefficient (Wildman–Crippen LogP) is 9.14. The van der Waals surface area contributed by atoms with Gasteiger partial charge in [-0.05, 0) is 131 Å². The van der Waals surface area contributed by atoms with Crippen molar-refractivity contribution in [2.24, 2.45) is 10.8 Å². The lowest BCUT2D eigenvalue weighted by atomic mass is 9.77. The number of carbonyl (C=O) groups is 6. The number of halogens is 10. The number of nitrogens with zero attached hydrogens (tertiary/aromatic N) is 7. The number of carbonyl (C=O) groups excluding carboxylic acids is 6. The second kappa shape index (κ2) is 34.8. The van der Waals surface area contributed by atoms with Crippen LogP contribution in [-0.2, 0) is 77.6 Å². The van der Waals surface area contributed by atoms with E-state index in [9.17, 15) is 55.3 Å². The Morgan fingerprint density at radius 1 is 0.752 bits per heavy atom. The molecular formula is C72H81F10N12O17PS. The maximum atomic E-state index is 16.9. The Balaban J connectivity index is 1.17. The summed E-state index contributed by atoms with van der Waals surface area (Å²) in [6.45, 7) is 2.64. The number of nitrogens with one attached hydrogen (secondary N) is 5. The Labute approximate surface area is 641 Å². The van der Waals surface area contributed by atoms with Crippen LogP contribution < -0.4 is 36.1 Å². The molecule has 2 aromatic heterocycles. The summed E-state index contributed by atoms with van der Waals surface area (Å²) in [4.78, 5) is 119. The lowest BCUT2D eigenvalue weighted by Crippen LogP contribution is -2.64. The van der Waals surface area contributed by atoms with Gasteiger partial charge in [0, 0.05) is 83.7 Å². The van der Waals surface area contributed by atoms with Crippen LogP contribution in [0.5, 0.6) is 5.75 Å². The van der Waals surface area contributed by atoms with Gasteiger partial charge in [-0.1, -0.05) is 43.9 Å². The second-order valence-electron chi connectivity index (χ2n) is 29.0. The van der Waals surface area contributed by atoms with Crippen molar-refractivity contribution >= 4 is 65.5 Å². The number of phosphoric ester groups is 1. The van der Waals surface area contributed by atoms with Crippen molar-refractivity contribution < 1.29 is 123 Å². The molecule has 0 aliphatic carbocycles. The molecule has 29 nitrogen and oxygen atoms in total. The first-order chi connectivity index (χ1) is 52.6. The Morgan fingerprint density at radius 2 is 1.31 bits per heavy atom. The number of alkyl carbamates (subject to hydrolysis) is 2. The number of ether oxygens (including phenoxy) is 4. The van der Waals surface area contributed by atoms with E-state index in [1.54, 1.807) is 5.32 Å². The fourth-order valence-electron chi connectivity index (χ4n) is 13.3. The maximum Gasteiger partial charge on any atom is 0.524 e. The zero-order valence-corrected chi connectivity index (χ0v) is 63.7. The Bertz CT molecular complexity index is 4700. The minimum absolute atomic E-state index is 0.0380. The predicted molar refractivity (Wildman–Crippen MR) is 381 cm³/mol. The molecule has 5 heterocycles. The summed E-state index contributed by atoms with van der Waals surface area (Å²) >= 11 is 0. The Kier molecular flexibility index (Phi) is 26.8. The van der Waals surface area contributed by atoms with Crippen LogP contribution in [0.3, 0.4) is 0 Å². The van der Waals surface area contributed by atoms with Gasteiger partial charge in [0.25, 0.3) is 16.0 Å². The van der Waals surface area contributed by atoms with E-state index >= 15 is 44.7 Å². The number of rotatable bonds is 29. The van der Waals surface area contributed by atoms with Crippen molar-refractivity contribution in [1.82, 2.24) is 51.0 Å². The summed E-state index contributed by atoms with van der Waals surface area (Å²) in [5.74, 6) is -3.38. The van der Waals surface area contributed by atoms with Crippen LogP contribution >= 0.6 is 7.82 Å². The number of anilines is 2. The van der Waals surface area contributed by atoms with Crippen molar-refractivity contribution in [3.8, 4) is 28.8 Å². The zero-order valence-electron chi connectivity index (χ0n) is 62.0. The van der Waals surface area contributed by atoms with Gasteiger partial charge in [-0.25, -0.2) is 42.6 Å². The zero-order chi connectivity index (χ0) is 83.3. The van der Waals surface area contributed by atoms with E-state index in [0.29, 0.717) is 101 Å². The molecule has 6 atom stereocenters. The highest BCUT2D eigenvalue weighted by Gasteiger charge is 2.58. The Morgan fingerprint density at radius 3 is 1.81 bits per heavy atom. The molecule has 5 amide bonds. The third-order valence-corrected chi connectivity index (χ3v) is 20.8. The molecule has 3 saturated heterocycles. The van der Waals surface area contributed by atoms with Crippen LogP contribution in [0.4, 0.5) is 65.1 Å². The molecule has 0 saturated carbocycles. The van der Waals surface area contributed by atoms with Gasteiger partial charge in [-0.15, -0.1) is 0 Å². The van der Waals surface area contributed by atoms with Crippen molar-refractivity contribution in [1.29, 1.82) is 0 Å². The molecule has 2 bridgehead atoms. The number of aromatic nitrogens is 4. The first-order valence-corrected chi connectivity index (χ1v) is 37.6. The highest BCUT2D eigenvalue weighted by atomic mass is 32.2. The molecule has 113 heavy (non-hydrogen) atoms. The minimum atomic E-state index is -5.61. The molecule has 8 N–H and O–H groups in total. The number of hydrazine groups is 1. The van der Waals surface area contributed by atoms with Crippen molar-refractivity contribution in [2.75, 3.05) is 57.3 Å². The summed E-state index contributed by atoms with van der Waals surface area (Å²) in [5, 5.41) is 12.5. The summed E-state index contributed by atoms with van der Waals surface area (Å²) in [7, 11) is -8.85. The number of fused-ring (bicyclic) bond motifs is 2. The third-order valence-electron chi connectivity index (χ3n) is 19.5. The SMILES string of the molecule is COC(=O)N[C@H](C(=O)N[C@@H](Cc1ccc(C#Cc2cnc(N3CC4CCC(C3)N4C3COC3)nc2)cc1)[C@H](CN(Cc1c(F)cc(-c2ccn(C(F)F)n2)cc1F)NC(=O)[C@@H](NC(=O)OC)C(C)(C)C(F)(F)F)OC(=O)CC(C)(C)c1c(CC(=O)Nc2ccc(S(=O)(=O)O)cc2)cc(C)cc1OP(=O)(O)O)C(C)(C)C(F)(F)F. The largest absolute Gasteiger partial charge is 0.524 e. The topological polar surface area (TPSA) is 374 Å². The number of hydrogen-bond acceptors (Lipinski definition) is 20. The fourth-order valence-corrected chi connectivity index (χ4v) is 14.2. The minimum Gasteiger partial charge on any atom is -0.459 e. The summed E-state index contributed by atoms with van der Waals surface area (Å²) in [6, 6.07) is 7.65. The van der Waals surface area contributed by atoms with Crippen LogP contribution in [0.2, 0.25) is 0 Å². The molecule has 3 fully saturated rings. The average molecular weight is 1640 g/mol. The first-order valence-electron chi connectivity index (χ1n) is 34.6. The van der Waals surface area contributed by atoms with Gasteiger partial charge < -0.3 is 49.6 Å². The van der Waals surface area contributed by atoms with Gasteiger partial charge in [-0.2, -0.15) is 48.6 Å². The number of phosphoric acid groups is 1. The fraction of sp³-hybridized carbons (Fsp3) is 0.458. The first kappa shape index (κ1) is 87.0. The second-order valence-corrected chi connectivity index (χ2v) is 31.6. The molecule has 0 radical (unpaired) electrons.